The SMILES string of the molecule is COc1ccc(OC)c2sc(N3CCN(CCNC(=O)c4ccccc4[N+](=O)[O-])CC3)nc12. The van der Waals surface area contributed by atoms with Crippen molar-refractivity contribution < 1.29 is 19.2 Å². The van der Waals surface area contributed by atoms with Gasteiger partial charge in [0.25, 0.3) is 11.6 Å². The molecule has 10 nitrogen and oxygen atoms in total. The van der Waals surface area contributed by atoms with Gasteiger partial charge in [-0.15, -0.1) is 0 Å². The summed E-state index contributed by atoms with van der Waals surface area (Å²) in [6, 6.07) is 9.72. The minimum atomic E-state index is -0.540. The summed E-state index contributed by atoms with van der Waals surface area (Å²) in [7, 11) is 3.28. The van der Waals surface area contributed by atoms with Crippen LogP contribution < -0.4 is 19.7 Å². The van der Waals surface area contributed by atoms with Crippen LogP contribution in [0.1, 0.15) is 10.4 Å². The number of aromatic nitrogens is 1. The van der Waals surface area contributed by atoms with Gasteiger partial charge in [-0.05, 0) is 18.2 Å². The number of nitro benzene ring substituents is 1. The Balaban J connectivity index is 1.32. The Kier molecular flexibility index (Phi) is 6.90. The average Bonchev–Trinajstić information content (AvgIpc) is 3.29. The minimum Gasteiger partial charge on any atom is -0.495 e. The topological polar surface area (TPSA) is 110 Å². The second-order valence-electron chi connectivity index (χ2n) is 7.50. The largest absolute Gasteiger partial charge is 0.495 e. The number of hydrogen-bond donors (Lipinski definition) is 1. The number of fused-ring (bicyclic) bond motifs is 1. The molecule has 1 N–H and O–H groups in total. The maximum absolute atomic E-state index is 12.4. The van der Waals surface area contributed by atoms with E-state index in [9.17, 15) is 14.9 Å². The Labute approximate surface area is 194 Å². The summed E-state index contributed by atoms with van der Waals surface area (Å²) < 4.78 is 11.9. The Morgan fingerprint density at radius 3 is 2.52 bits per heavy atom. The van der Waals surface area contributed by atoms with Crippen molar-refractivity contribution in [1.82, 2.24) is 15.2 Å². The summed E-state index contributed by atoms with van der Waals surface area (Å²) >= 11 is 1.59. The molecule has 4 rings (SSSR count). The van der Waals surface area contributed by atoms with E-state index in [1.807, 2.05) is 12.1 Å². The molecule has 0 aliphatic carbocycles. The molecule has 0 spiro atoms. The first-order valence-electron chi connectivity index (χ1n) is 10.5. The number of carbonyl (C=O) groups is 1. The Bertz CT molecular complexity index is 1120. The van der Waals surface area contributed by atoms with Gasteiger partial charge < -0.3 is 19.7 Å². The number of nitrogens with zero attached hydrogens (tertiary/aromatic N) is 4. The lowest BCUT2D eigenvalue weighted by molar-refractivity contribution is -0.385. The number of methoxy groups -OCH3 is 2. The third kappa shape index (κ3) is 4.83. The van der Waals surface area contributed by atoms with Gasteiger partial charge in [0.05, 0.1) is 19.1 Å². The van der Waals surface area contributed by atoms with Crippen LogP contribution in [0.4, 0.5) is 10.8 Å². The lowest BCUT2D eigenvalue weighted by atomic mass is 10.1. The van der Waals surface area contributed by atoms with Gasteiger partial charge in [-0.25, -0.2) is 4.98 Å². The van der Waals surface area contributed by atoms with Crippen LogP contribution in [0.5, 0.6) is 11.5 Å². The number of benzene rings is 2. The molecule has 1 fully saturated rings. The Hall–Kier alpha value is -3.44. The van der Waals surface area contributed by atoms with Crippen molar-refractivity contribution in [3.05, 3.63) is 52.1 Å². The van der Waals surface area contributed by atoms with Crippen molar-refractivity contribution in [2.24, 2.45) is 0 Å². The summed E-state index contributed by atoms with van der Waals surface area (Å²) in [5, 5.41) is 14.8. The van der Waals surface area contributed by atoms with E-state index < -0.39 is 10.8 Å². The third-order valence-corrected chi connectivity index (χ3v) is 6.73. The second kappa shape index (κ2) is 10.0. The number of ether oxygens (including phenoxy) is 2. The molecule has 2 heterocycles. The van der Waals surface area contributed by atoms with Crippen molar-refractivity contribution in [1.29, 1.82) is 0 Å². The fourth-order valence-corrected chi connectivity index (χ4v) is 4.95. The monoisotopic (exact) mass is 471 g/mol. The van der Waals surface area contributed by atoms with E-state index in [1.165, 1.54) is 12.1 Å². The van der Waals surface area contributed by atoms with E-state index in [2.05, 4.69) is 15.1 Å². The predicted octanol–water partition coefficient (Wildman–Crippen LogP) is 2.77. The highest BCUT2D eigenvalue weighted by atomic mass is 32.1. The van der Waals surface area contributed by atoms with Crippen molar-refractivity contribution >= 4 is 38.3 Å². The first kappa shape index (κ1) is 22.7. The molecule has 1 amide bonds. The van der Waals surface area contributed by atoms with Crippen LogP contribution >= 0.6 is 11.3 Å². The molecule has 3 aromatic rings. The van der Waals surface area contributed by atoms with E-state index >= 15 is 0 Å². The number of amides is 1. The number of thiazole rings is 1. The molecule has 174 valence electrons. The number of rotatable bonds is 8. The quantitative estimate of drug-likeness (QED) is 0.395. The minimum absolute atomic E-state index is 0.0778. The van der Waals surface area contributed by atoms with Gasteiger partial charge in [0, 0.05) is 45.3 Å². The van der Waals surface area contributed by atoms with E-state index in [0.29, 0.717) is 13.1 Å². The lowest BCUT2D eigenvalue weighted by Crippen LogP contribution is -2.48. The van der Waals surface area contributed by atoms with E-state index in [-0.39, 0.29) is 11.3 Å². The second-order valence-corrected chi connectivity index (χ2v) is 8.48. The molecule has 1 aromatic heterocycles. The Morgan fingerprint density at radius 1 is 1.12 bits per heavy atom. The molecule has 2 aromatic carbocycles. The molecule has 0 radical (unpaired) electrons. The average molecular weight is 472 g/mol. The molecule has 0 saturated carbocycles. The van der Waals surface area contributed by atoms with Crippen LogP contribution in [-0.4, -0.2) is 74.2 Å². The van der Waals surface area contributed by atoms with E-state index in [0.717, 1.165) is 53.0 Å². The van der Waals surface area contributed by atoms with Crippen molar-refractivity contribution in [3.8, 4) is 11.5 Å². The summed E-state index contributed by atoms with van der Waals surface area (Å²) in [5.74, 6) is 1.07. The highest BCUT2D eigenvalue weighted by molar-refractivity contribution is 7.22. The summed E-state index contributed by atoms with van der Waals surface area (Å²) in [6.07, 6.45) is 0. The predicted molar refractivity (Wildman–Crippen MR) is 127 cm³/mol. The molecule has 0 atom stereocenters. The van der Waals surface area contributed by atoms with Gasteiger partial charge in [-0.3, -0.25) is 19.8 Å². The number of nitro groups is 1. The van der Waals surface area contributed by atoms with Crippen LogP contribution in [0.25, 0.3) is 10.2 Å². The number of nitrogens with one attached hydrogen (secondary N) is 1. The maximum Gasteiger partial charge on any atom is 0.282 e. The fourth-order valence-electron chi connectivity index (χ4n) is 3.82. The molecule has 33 heavy (non-hydrogen) atoms. The van der Waals surface area contributed by atoms with E-state index in [1.54, 1.807) is 37.7 Å². The van der Waals surface area contributed by atoms with Crippen molar-refractivity contribution in [2.45, 2.75) is 0 Å². The number of piperazine rings is 1. The van der Waals surface area contributed by atoms with Gasteiger partial charge in [0.2, 0.25) is 0 Å². The molecule has 0 bridgehead atoms. The molecule has 1 saturated heterocycles. The summed E-state index contributed by atoms with van der Waals surface area (Å²) in [6.45, 7) is 4.35. The van der Waals surface area contributed by atoms with Crippen LogP contribution in [0.3, 0.4) is 0 Å². The zero-order valence-corrected chi connectivity index (χ0v) is 19.3. The van der Waals surface area contributed by atoms with Crippen LogP contribution in [0.15, 0.2) is 36.4 Å². The van der Waals surface area contributed by atoms with Crippen LogP contribution in [-0.2, 0) is 0 Å². The van der Waals surface area contributed by atoms with Crippen molar-refractivity contribution in [2.75, 3.05) is 58.4 Å². The first-order valence-corrected chi connectivity index (χ1v) is 11.3. The Morgan fingerprint density at radius 2 is 1.82 bits per heavy atom. The molecule has 1 aliphatic rings. The maximum atomic E-state index is 12.4. The third-order valence-electron chi connectivity index (χ3n) is 5.60. The van der Waals surface area contributed by atoms with E-state index in [4.69, 9.17) is 14.5 Å². The molecule has 0 unspecified atom stereocenters. The number of hydrogen-bond acceptors (Lipinski definition) is 9. The number of para-hydroxylation sites is 1. The van der Waals surface area contributed by atoms with Gasteiger partial charge >= 0.3 is 0 Å². The lowest BCUT2D eigenvalue weighted by Gasteiger charge is -2.34. The zero-order chi connectivity index (χ0) is 23.4. The highest BCUT2D eigenvalue weighted by Gasteiger charge is 2.23. The standard InChI is InChI=1S/C22H25N5O5S/c1-31-17-7-8-18(32-2)20-19(17)24-22(33-20)26-13-11-25(12-14-26)10-9-23-21(28)15-5-3-4-6-16(15)27(29)30/h3-8H,9-14H2,1-2H3,(H,23,28). The number of carbonyl (C=O) groups excluding carboxylic acids is 1. The highest BCUT2D eigenvalue weighted by Crippen LogP contribution is 2.40. The molecular weight excluding hydrogens is 446 g/mol. The van der Waals surface area contributed by atoms with Gasteiger partial charge in [0.1, 0.15) is 27.3 Å². The molecule has 11 heteroatoms. The van der Waals surface area contributed by atoms with Crippen LogP contribution in [0, 0.1) is 10.1 Å². The van der Waals surface area contributed by atoms with Crippen LogP contribution in [0.2, 0.25) is 0 Å². The normalized spacial score (nSPS) is 14.3. The summed E-state index contributed by atoms with van der Waals surface area (Å²) in [4.78, 5) is 32.2. The molecule has 1 aliphatic heterocycles. The number of anilines is 1. The molecular formula is C22H25N5O5S. The zero-order valence-electron chi connectivity index (χ0n) is 18.4. The van der Waals surface area contributed by atoms with Gasteiger partial charge in [-0.2, -0.15) is 0 Å². The first-order chi connectivity index (χ1) is 16.0. The van der Waals surface area contributed by atoms with Gasteiger partial charge in [0.15, 0.2) is 5.13 Å². The smallest absolute Gasteiger partial charge is 0.282 e. The summed E-state index contributed by atoms with van der Waals surface area (Å²) in [5.41, 5.74) is 0.693. The van der Waals surface area contributed by atoms with Crippen molar-refractivity contribution in [3.63, 3.8) is 0 Å². The van der Waals surface area contributed by atoms with Gasteiger partial charge in [-0.1, -0.05) is 23.5 Å². The fraction of sp³-hybridized carbons (Fsp3) is 0.364.